The number of nitrogens with two attached hydrogens (primary N) is 3. The van der Waals surface area contributed by atoms with Crippen molar-refractivity contribution in [1.29, 1.82) is 0 Å². The summed E-state index contributed by atoms with van der Waals surface area (Å²) in [5.74, 6) is 3.97. The lowest BCUT2D eigenvalue weighted by molar-refractivity contribution is -0.133. The van der Waals surface area contributed by atoms with Gasteiger partial charge in [0, 0.05) is 80.3 Å². The first kappa shape index (κ1) is 49.3. The topological polar surface area (TPSA) is 244 Å². The molecule has 6 amide bonds. The van der Waals surface area contributed by atoms with Gasteiger partial charge in [0.05, 0.1) is 12.2 Å². The van der Waals surface area contributed by atoms with Crippen molar-refractivity contribution in [2.24, 2.45) is 0 Å². The van der Waals surface area contributed by atoms with E-state index >= 15 is 0 Å². The van der Waals surface area contributed by atoms with E-state index in [1.165, 1.54) is 7.05 Å². The molecule has 5 aromatic carbocycles. The van der Waals surface area contributed by atoms with Crippen LogP contribution in [0.2, 0.25) is 0 Å². The molecule has 68 heavy (non-hydrogen) atoms. The number of fused-ring (bicyclic) bond motifs is 2. The molecule has 1 aliphatic heterocycles. The van der Waals surface area contributed by atoms with E-state index in [1.54, 1.807) is 77.7 Å². The summed E-state index contributed by atoms with van der Waals surface area (Å²) < 4.78 is 0. The zero-order valence-electron chi connectivity index (χ0n) is 38.2. The second-order valence-corrected chi connectivity index (χ2v) is 16.8. The Bertz CT molecular complexity index is 2620. The van der Waals surface area contributed by atoms with Gasteiger partial charge in [-0.25, -0.2) is 0 Å². The van der Waals surface area contributed by atoms with E-state index < -0.39 is 35.8 Å². The van der Waals surface area contributed by atoms with Crippen molar-refractivity contribution >= 4 is 58.2 Å². The van der Waals surface area contributed by atoms with Crippen molar-refractivity contribution in [2.45, 2.75) is 82.5 Å². The van der Waals surface area contributed by atoms with E-state index in [2.05, 4.69) is 38.4 Å². The van der Waals surface area contributed by atoms with Gasteiger partial charge in [0.15, 0.2) is 0 Å². The Labute approximate surface area is 397 Å². The predicted molar refractivity (Wildman–Crippen MR) is 264 cm³/mol. The van der Waals surface area contributed by atoms with Gasteiger partial charge < -0.3 is 48.7 Å². The molecular formula is C53H59N9O6. The van der Waals surface area contributed by atoms with E-state index in [-0.39, 0.29) is 56.2 Å². The second kappa shape index (κ2) is 24.4. The third kappa shape index (κ3) is 14.7. The summed E-state index contributed by atoms with van der Waals surface area (Å²) in [5, 5.41) is 14.0. The maximum Gasteiger partial charge on any atom is 0.243 e. The highest BCUT2D eigenvalue weighted by Gasteiger charge is 2.30. The van der Waals surface area contributed by atoms with Gasteiger partial charge in [-0.15, -0.1) is 0 Å². The van der Waals surface area contributed by atoms with Crippen molar-refractivity contribution in [3.63, 3.8) is 0 Å². The van der Waals surface area contributed by atoms with Crippen molar-refractivity contribution < 1.29 is 28.8 Å². The fourth-order valence-electron chi connectivity index (χ4n) is 7.75. The van der Waals surface area contributed by atoms with Crippen molar-refractivity contribution in [3.8, 4) is 11.8 Å². The molecule has 3 unspecified atom stereocenters. The number of carbonyl (C=O) groups is 6. The summed E-state index contributed by atoms with van der Waals surface area (Å²) >= 11 is 0. The van der Waals surface area contributed by atoms with Crippen LogP contribution in [0.1, 0.15) is 71.9 Å². The van der Waals surface area contributed by atoms with Crippen LogP contribution < -0.4 is 48.7 Å². The van der Waals surface area contributed by atoms with Gasteiger partial charge in [0.1, 0.15) is 18.1 Å². The highest BCUT2D eigenvalue weighted by atomic mass is 16.2. The SMILES string of the molecule is CNC(=O)C(Cc1ccc(N)cc1)NC(=O)C(Cc1ccc(N)cc1)NC(=O)C(Cc1ccc(N)cc1)NC(=O)CCCCCNC(=O)CCC(=O)N1Cc2ccccc2C#Cc2ccccc21. The molecule has 5 aromatic rings. The molecule has 1 aliphatic rings. The monoisotopic (exact) mass is 917 g/mol. The van der Waals surface area contributed by atoms with Crippen LogP contribution in [0.4, 0.5) is 22.7 Å². The van der Waals surface area contributed by atoms with Crippen LogP contribution in [0.5, 0.6) is 0 Å². The number of likely N-dealkylation sites (N-methyl/N-ethyl adjacent to an activating group) is 1. The fraction of sp³-hybridized carbons (Fsp3) is 0.283. The van der Waals surface area contributed by atoms with Gasteiger partial charge in [-0.3, -0.25) is 28.8 Å². The van der Waals surface area contributed by atoms with Crippen LogP contribution in [0.15, 0.2) is 121 Å². The molecule has 3 atom stereocenters. The zero-order valence-corrected chi connectivity index (χ0v) is 38.2. The number of rotatable bonds is 21. The Morgan fingerprint density at radius 3 is 1.57 bits per heavy atom. The van der Waals surface area contributed by atoms with Gasteiger partial charge >= 0.3 is 0 Å². The smallest absolute Gasteiger partial charge is 0.243 e. The van der Waals surface area contributed by atoms with Gasteiger partial charge in [-0.05, 0) is 89.7 Å². The minimum atomic E-state index is -1.15. The maximum atomic E-state index is 14.2. The molecule has 11 N–H and O–H groups in total. The first-order chi connectivity index (χ1) is 32.8. The highest BCUT2D eigenvalue weighted by Crippen LogP contribution is 2.26. The molecule has 6 rings (SSSR count). The van der Waals surface area contributed by atoms with Crippen LogP contribution in [0, 0.1) is 11.8 Å². The number of amides is 6. The third-order valence-electron chi connectivity index (χ3n) is 11.6. The van der Waals surface area contributed by atoms with E-state index in [0.29, 0.717) is 60.7 Å². The van der Waals surface area contributed by atoms with E-state index in [4.69, 9.17) is 17.2 Å². The number of para-hydroxylation sites is 1. The molecule has 0 radical (unpaired) electrons. The number of nitrogens with one attached hydrogen (secondary N) is 5. The van der Waals surface area contributed by atoms with Crippen LogP contribution in [-0.2, 0) is 54.6 Å². The second-order valence-electron chi connectivity index (χ2n) is 16.8. The number of unbranched alkanes of at least 4 members (excludes halogenated alkanes) is 2. The van der Waals surface area contributed by atoms with E-state index in [1.807, 2.05) is 48.5 Å². The molecule has 0 aliphatic carbocycles. The van der Waals surface area contributed by atoms with Gasteiger partial charge in [-0.2, -0.15) is 0 Å². The minimum absolute atomic E-state index is 0.0193. The summed E-state index contributed by atoms with van der Waals surface area (Å²) in [4.78, 5) is 82.8. The van der Waals surface area contributed by atoms with Gasteiger partial charge in [-0.1, -0.05) is 85.0 Å². The number of hydrogen-bond donors (Lipinski definition) is 8. The van der Waals surface area contributed by atoms with E-state index in [0.717, 1.165) is 27.8 Å². The molecule has 15 heteroatoms. The Kier molecular flexibility index (Phi) is 17.7. The largest absolute Gasteiger partial charge is 0.399 e. The normalized spacial score (nSPS) is 12.8. The van der Waals surface area contributed by atoms with Gasteiger partial charge in [0.25, 0.3) is 0 Å². The molecule has 15 nitrogen and oxygen atoms in total. The Hall–Kier alpha value is -8.12. The van der Waals surface area contributed by atoms with E-state index in [9.17, 15) is 28.8 Å². The lowest BCUT2D eigenvalue weighted by atomic mass is 10.0. The zero-order chi connectivity index (χ0) is 48.4. The van der Waals surface area contributed by atoms with Crippen molar-refractivity contribution in [2.75, 3.05) is 35.7 Å². The molecule has 0 bridgehead atoms. The third-order valence-corrected chi connectivity index (χ3v) is 11.6. The lowest BCUT2D eigenvalue weighted by Gasteiger charge is -2.26. The van der Waals surface area contributed by atoms with Crippen LogP contribution in [0.3, 0.4) is 0 Å². The summed E-state index contributed by atoms with van der Waals surface area (Å²) in [5.41, 5.74) is 24.8. The molecule has 1 heterocycles. The molecule has 0 aromatic heterocycles. The molecule has 0 saturated carbocycles. The Morgan fingerprint density at radius 1 is 0.529 bits per heavy atom. The average Bonchev–Trinajstić information content (AvgIpc) is 3.33. The Morgan fingerprint density at radius 2 is 1.01 bits per heavy atom. The first-order valence-corrected chi connectivity index (χ1v) is 22.8. The van der Waals surface area contributed by atoms with Crippen molar-refractivity contribution in [3.05, 3.63) is 155 Å². The van der Waals surface area contributed by atoms with Crippen LogP contribution >= 0.6 is 0 Å². The molecule has 0 saturated heterocycles. The molecule has 0 spiro atoms. The fourth-order valence-corrected chi connectivity index (χ4v) is 7.75. The number of hydrogen-bond acceptors (Lipinski definition) is 9. The van der Waals surface area contributed by atoms with Crippen LogP contribution in [0.25, 0.3) is 0 Å². The quantitative estimate of drug-likeness (QED) is 0.0300. The number of nitrogen functional groups attached to an aromatic ring is 3. The molecule has 0 fully saturated rings. The lowest BCUT2D eigenvalue weighted by Crippen LogP contribution is -2.58. The highest BCUT2D eigenvalue weighted by molar-refractivity contribution is 5.97. The standard InChI is InChI=1S/C53H59N9O6/c1-57-51(66)44(31-35-14-22-41(54)23-15-35)60-53(68)46(33-37-18-26-43(56)27-19-37)61-52(67)45(32-36-16-24-42(55)25-17-36)59-49(64)13-3-2-8-30-58-48(63)28-29-50(65)62-34-40-11-5-4-9-38(40)20-21-39-10-6-7-12-47(39)62/h4-7,9-12,14-19,22-27,44-46H,2-3,8,13,28-34,54-56H2,1H3,(H,57,66)(H,58,63)(H,59,64)(H,60,68)(H,61,67). The average molecular weight is 918 g/mol. The minimum Gasteiger partial charge on any atom is -0.399 e. The molecule has 352 valence electrons. The summed E-state index contributed by atoms with van der Waals surface area (Å²) in [6.07, 6.45) is 2.16. The van der Waals surface area contributed by atoms with Crippen LogP contribution in [-0.4, -0.2) is 67.2 Å². The number of benzene rings is 5. The number of carbonyl (C=O) groups excluding carboxylic acids is 6. The van der Waals surface area contributed by atoms with Gasteiger partial charge in [0.2, 0.25) is 35.4 Å². The summed E-state index contributed by atoms with van der Waals surface area (Å²) in [6, 6.07) is 32.8. The first-order valence-electron chi connectivity index (χ1n) is 22.8. The Balaban J connectivity index is 1.02. The summed E-state index contributed by atoms with van der Waals surface area (Å²) in [7, 11) is 1.47. The summed E-state index contributed by atoms with van der Waals surface area (Å²) in [6.45, 7) is 0.711. The predicted octanol–water partition coefficient (Wildman–Crippen LogP) is 4.06. The van der Waals surface area contributed by atoms with Crippen molar-refractivity contribution in [1.82, 2.24) is 26.6 Å². The molecular weight excluding hydrogens is 859 g/mol. The number of anilines is 4. The maximum absolute atomic E-state index is 14.2. The number of nitrogens with zero attached hydrogens (tertiary/aromatic N) is 1.